The maximum atomic E-state index is 12.3. The molecule has 0 spiro atoms. The molecule has 0 saturated carbocycles. The third kappa shape index (κ3) is 6.72. The van der Waals surface area contributed by atoms with E-state index in [1.54, 1.807) is 36.4 Å². The number of carbonyl (C=O) groups excluding carboxylic acids is 2. The van der Waals surface area contributed by atoms with Gasteiger partial charge in [0.2, 0.25) is 0 Å². The number of amides is 1. The fraction of sp³-hybridized carbons (Fsp3) is 0.296. The highest BCUT2D eigenvalue weighted by Crippen LogP contribution is 2.29. The van der Waals surface area contributed by atoms with Crippen molar-refractivity contribution in [3.05, 3.63) is 70.1 Å². The van der Waals surface area contributed by atoms with Gasteiger partial charge in [-0.3, -0.25) is 4.79 Å². The first-order valence-corrected chi connectivity index (χ1v) is 11.5. The van der Waals surface area contributed by atoms with Crippen LogP contribution < -0.4 is 25.2 Å². The number of rotatable bonds is 10. The molecule has 8 heteroatoms. The summed E-state index contributed by atoms with van der Waals surface area (Å²) in [5, 5.41) is 3.28. The normalized spacial score (nSPS) is 11.9. The number of benzene rings is 2. The number of nitrogens with one attached hydrogen (secondary N) is 1. The Labute approximate surface area is 203 Å². The molecule has 1 N–H and O–H groups in total. The van der Waals surface area contributed by atoms with E-state index in [0.29, 0.717) is 30.1 Å². The molecule has 0 fully saturated rings. The van der Waals surface area contributed by atoms with Gasteiger partial charge < -0.3 is 23.9 Å². The summed E-state index contributed by atoms with van der Waals surface area (Å²) in [5.41, 5.74) is 0.105. The van der Waals surface area contributed by atoms with Crippen molar-refractivity contribution in [2.24, 2.45) is 0 Å². The minimum absolute atomic E-state index is 0.0687. The van der Waals surface area contributed by atoms with Crippen LogP contribution in [0.1, 0.15) is 50.0 Å². The van der Waals surface area contributed by atoms with Gasteiger partial charge in [0.1, 0.15) is 16.9 Å². The van der Waals surface area contributed by atoms with Crippen LogP contribution in [-0.2, 0) is 4.79 Å². The van der Waals surface area contributed by atoms with Crippen LogP contribution in [0.25, 0.3) is 17.0 Å². The van der Waals surface area contributed by atoms with Crippen molar-refractivity contribution < 1.29 is 28.2 Å². The van der Waals surface area contributed by atoms with Crippen LogP contribution in [0.2, 0.25) is 0 Å². The van der Waals surface area contributed by atoms with Gasteiger partial charge in [0, 0.05) is 23.6 Å². The number of fused-ring (bicyclic) bond motifs is 1. The molecule has 1 amide bonds. The molecule has 2 aromatic carbocycles. The van der Waals surface area contributed by atoms with Crippen LogP contribution in [0.4, 0.5) is 0 Å². The lowest BCUT2D eigenvalue weighted by Crippen LogP contribution is -2.34. The number of esters is 1. The number of hydrogen-bond donors (Lipinski definition) is 1. The number of ether oxygens (including phenoxy) is 3. The van der Waals surface area contributed by atoms with Gasteiger partial charge in [0.15, 0.2) is 11.5 Å². The van der Waals surface area contributed by atoms with Crippen LogP contribution in [0.5, 0.6) is 17.2 Å². The summed E-state index contributed by atoms with van der Waals surface area (Å²) in [6.45, 7) is 8.55. The second kappa shape index (κ2) is 11.9. The Balaban J connectivity index is 1.73. The van der Waals surface area contributed by atoms with Crippen LogP contribution in [0.3, 0.4) is 0 Å². The molecule has 0 saturated heterocycles. The van der Waals surface area contributed by atoms with Crippen LogP contribution >= 0.6 is 0 Å². The van der Waals surface area contributed by atoms with Crippen LogP contribution in [0.15, 0.2) is 57.8 Å². The standard InChI is InChI=1S/C27H29NO7/c1-5-17(4)28-26(30)21-15-19-10-11-20(16-23(19)35-27(21)31)34-25(29)13-9-18-8-12-22(32-6-2)24(14-18)33-7-3/h8-17H,5-7H2,1-4H3,(H,28,30)/b13-9+. The summed E-state index contributed by atoms with van der Waals surface area (Å²) in [6, 6.07) is 11.4. The molecule has 0 radical (unpaired) electrons. The van der Waals surface area contributed by atoms with E-state index in [4.69, 9.17) is 18.6 Å². The Morgan fingerprint density at radius 1 is 1.00 bits per heavy atom. The topological polar surface area (TPSA) is 104 Å². The molecular formula is C27H29NO7. The summed E-state index contributed by atoms with van der Waals surface area (Å²) in [6.07, 6.45) is 3.62. The van der Waals surface area contributed by atoms with E-state index in [1.807, 2.05) is 27.7 Å². The van der Waals surface area contributed by atoms with E-state index >= 15 is 0 Å². The Hall–Kier alpha value is -4.07. The molecule has 1 heterocycles. The molecule has 1 atom stereocenters. The van der Waals surface area contributed by atoms with Crippen LogP contribution in [-0.4, -0.2) is 31.1 Å². The zero-order chi connectivity index (χ0) is 25.4. The highest BCUT2D eigenvalue weighted by Gasteiger charge is 2.16. The first-order chi connectivity index (χ1) is 16.8. The smallest absolute Gasteiger partial charge is 0.349 e. The largest absolute Gasteiger partial charge is 0.490 e. The molecule has 3 rings (SSSR count). The van der Waals surface area contributed by atoms with Crippen molar-refractivity contribution in [3.63, 3.8) is 0 Å². The fourth-order valence-electron chi connectivity index (χ4n) is 3.20. The lowest BCUT2D eigenvalue weighted by atomic mass is 10.1. The van der Waals surface area contributed by atoms with Gasteiger partial charge in [-0.1, -0.05) is 13.0 Å². The second-order valence-electron chi connectivity index (χ2n) is 7.76. The zero-order valence-corrected chi connectivity index (χ0v) is 20.3. The number of hydrogen-bond acceptors (Lipinski definition) is 7. The lowest BCUT2D eigenvalue weighted by Gasteiger charge is -2.11. The molecule has 184 valence electrons. The molecule has 3 aromatic rings. The second-order valence-corrected chi connectivity index (χ2v) is 7.76. The molecule has 1 aromatic heterocycles. The van der Waals surface area contributed by atoms with Gasteiger partial charge in [-0.15, -0.1) is 0 Å². The van der Waals surface area contributed by atoms with E-state index < -0.39 is 17.5 Å². The number of carbonyl (C=O) groups is 2. The zero-order valence-electron chi connectivity index (χ0n) is 20.3. The maximum Gasteiger partial charge on any atom is 0.349 e. The molecule has 0 bridgehead atoms. The van der Waals surface area contributed by atoms with Crippen LogP contribution in [0, 0.1) is 0 Å². The van der Waals surface area contributed by atoms with E-state index in [1.165, 1.54) is 18.2 Å². The summed E-state index contributed by atoms with van der Waals surface area (Å²) >= 11 is 0. The van der Waals surface area contributed by atoms with Crippen molar-refractivity contribution in [1.82, 2.24) is 5.32 Å². The lowest BCUT2D eigenvalue weighted by molar-refractivity contribution is -0.128. The maximum absolute atomic E-state index is 12.3. The predicted octanol–water partition coefficient (Wildman–Crippen LogP) is 4.74. The molecule has 0 aliphatic carbocycles. The molecular weight excluding hydrogens is 450 g/mol. The minimum atomic E-state index is -0.762. The van der Waals surface area contributed by atoms with Crippen molar-refractivity contribution in [3.8, 4) is 17.2 Å². The van der Waals surface area contributed by atoms with Gasteiger partial charge in [-0.05, 0) is 69.2 Å². The predicted molar refractivity (Wildman–Crippen MR) is 133 cm³/mol. The van der Waals surface area contributed by atoms with E-state index in [2.05, 4.69) is 5.32 Å². The molecule has 8 nitrogen and oxygen atoms in total. The quantitative estimate of drug-likeness (QED) is 0.194. The van der Waals surface area contributed by atoms with E-state index in [0.717, 1.165) is 12.0 Å². The molecule has 1 unspecified atom stereocenters. The third-order valence-corrected chi connectivity index (χ3v) is 5.14. The molecule has 0 aliphatic rings. The highest BCUT2D eigenvalue weighted by molar-refractivity contribution is 5.97. The Kier molecular flexibility index (Phi) is 8.67. The van der Waals surface area contributed by atoms with Crippen molar-refractivity contribution in [2.75, 3.05) is 13.2 Å². The Morgan fingerprint density at radius 2 is 1.74 bits per heavy atom. The van der Waals surface area contributed by atoms with Crippen molar-refractivity contribution in [1.29, 1.82) is 0 Å². The van der Waals surface area contributed by atoms with Gasteiger partial charge in [0.05, 0.1) is 13.2 Å². The Bertz CT molecular complexity index is 1290. The third-order valence-electron chi connectivity index (χ3n) is 5.14. The van der Waals surface area contributed by atoms with Gasteiger partial charge >= 0.3 is 11.6 Å². The Morgan fingerprint density at radius 3 is 2.46 bits per heavy atom. The monoisotopic (exact) mass is 479 g/mol. The van der Waals surface area contributed by atoms with Gasteiger partial charge in [0.25, 0.3) is 5.91 Å². The van der Waals surface area contributed by atoms with Gasteiger partial charge in [-0.25, -0.2) is 9.59 Å². The summed E-state index contributed by atoms with van der Waals surface area (Å²) in [5.74, 6) is 0.327. The first kappa shape index (κ1) is 25.6. The summed E-state index contributed by atoms with van der Waals surface area (Å²) in [4.78, 5) is 37.0. The SMILES string of the molecule is CCOc1ccc(/C=C/C(=O)Oc2ccc3cc(C(=O)NC(C)CC)c(=O)oc3c2)cc1OCC. The average Bonchev–Trinajstić information content (AvgIpc) is 2.83. The highest BCUT2D eigenvalue weighted by atomic mass is 16.5. The minimum Gasteiger partial charge on any atom is -0.490 e. The molecule has 0 aliphatic heterocycles. The van der Waals surface area contributed by atoms with E-state index in [9.17, 15) is 14.4 Å². The average molecular weight is 480 g/mol. The van der Waals surface area contributed by atoms with Crippen molar-refractivity contribution >= 4 is 28.9 Å². The van der Waals surface area contributed by atoms with E-state index in [-0.39, 0.29) is 22.9 Å². The molecule has 35 heavy (non-hydrogen) atoms. The summed E-state index contributed by atoms with van der Waals surface area (Å²) < 4.78 is 21.8. The van der Waals surface area contributed by atoms with Gasteiger partial charge in [-0.2, -0.15) is 0 Å². The van der Waals surface area contributed by atoms with Crippen molar-refractivity contribution in [2.45, 2.75) is 40.2 Å². The first-order valence-electron chi connectivity index (χ1n) is 11.5. The summed E-state index contributed by atoms with van der Waals surface area (Å²) in [7, 11) is 0. The fourth-order valence-corrected chi connectivity index (χ4v) is 3.20.